The summed E-state index contributed by atoms with van der Waals surface area (Å²) in [6.45, 7) is 4.80. The number of amides is 4. The van der Waals surface area contributed by atoms with E-state index in [9.17, 15) is 28.8 Å². The summed E-state index contributed by atoms with van der Waals surface area (Å²) >= 11 is 0. The van der Waals surface area contributed by atoms with Gasteiger partial charge in [0.2, 0.25) is 17.7 Å². The van der Waals surface area contributed by atoms with Gasteiger partial charge in [-0.25, -0.2) is 14.5 Å². The molecule has 0 aliphatic carbocycles. The van der Waals surface area contributed by atoms with Crippen molar-refractivity contribution in [2.75, 3.05) is 27.4 Å². The number of fused-ring (bicyclic) bond motifs is 14. The first kappa shape index (κ1) is 39.7. The minimum absolute atomic E-state index is 0.0211. The van der Waals surface area contributed by atoms with Gasteiger partial charge in [-0.3, -0.25) is 33.1 Å². The third-order valence-corrected chi connectivity index (χ3v) is 9.02. The maximum absolute atomic E-state index is 13.9. The third kappa shape index (κ3) is 9.38. The second kappa shape index (κ2) is 16.7. The molecule has 6 rings (SSSR count). The molecule has 18 nitrogen and oxygen atoms in total. The van der Waals surface area contributed by atoms with E-state index >= 15 is 0 Å². The number of methoxy groups -OCH3 is 2. The van der Waals surface area contributed by atoms with Gasteiger partial charge in [-0.1, -0.05) is 18.2 Å². The van der Waals surface area contributed by atoms with E-state index in [0.717, 1.165) is 20.8 Å². The van der Waals surface area contributed by atoms with Gasteiger partial charge in [0.15, 0.2) is 17.3 Å². The van der Waals surface area contributed by atoms with Crippen molar-refractivity contribution in [2.24, 2.45) is 14.1 Å². The van der Waals surface area contributed by atoms with Crippen LogP contribution in [0.2, 0.25) is 0 Å². The Bertz CT molecular complexity index is 2210. The molecule has 0 unspecified atom stereocenters. The van der Waals surface area contributed by atoms with Crippen LogP contribution in [-0.2, 0) is 47.9 Å². The molecule has 2 bridgehead atoms. The zero-order valence-corrected chi connectivity index (χ0v) is 31.7. The van der Waals surface area contributed by atoms with Crippen molar-refractivity contribution < 1.29 is 33.4 Å². The first-order chi connectivity index (χ1) is 26.1. The summed E-state index contributed by atoms with van der Waals surface area (Å²) in [7, 11) is 5.69. The molecule has 55 heavy (non-hydrogen) atoms. The van der Waals surface area contributed by atoms with E-state index in [1.165, 1.54) is 46.8 Å². The molecule has 2 atom stereocenters. The van der Waals surface area contributed by atoms with Gasteiger partial charge in [-0.15, -0.1) is 0 Å². The van der Waals surface area contributed by atoms with E-state index in [0.29, 0.717) is 28.6 Å². The molecule has 18 heteroatoms. The standard InChI is InChI=1S/C37H45N9O9/c1-21-32-41-29(18-23-10-13-27(53-6)28(17-23)54-7)43-46(32)20-30(47)38-14-15-55-24-11-8-22(9-12-24)16-25(33(49)42-37(2,3)35(51)39-21)40-34(50)26-19-31(48)45(5)36(52)44(26)4/h8-13,17,19,21,25H,14-16,18,20H2,1-7H3,(H,38,47)(H,39,51)(H,40,50)(H,42,49)/t21-,25+/m1/s1. The Balaban J connectivity index is 1.44. The predicted molar refractivity (Wildman–Crippen MR) is 198 cm³/mol. The van der Waals surface area contributed by atoms with Crippen molar-refractivity contribution in [3.8, 4) is 17.2 Å². The number of carbonyl (C=O) groups excluding carboxylic acids is 4. The molecule has 2 aliphatic rings. The van der Waals surface area contributed by atoms with Gasteiger partial charge in [0.1, 0.15) is 42.0 Å². The fraction of sp³-hybridized carbons (Fsp3) is 0.405. The molecule has 0 fully saturated rings. The Morgan fingerprint density at radius 1 is 0.982 bits per heavy atom. The number of aromatic nitrogens is 5. The largest absolute Gasteiger partial charge is 0.493 e. The highest BCUT2D eigenvalue weighted by Gasteiger charge is 2.35. The number of hydrogen-bond acceptors (Lipinski definition) is 11. The summed E-state index contributed by atoms with van der Waals surface area (Å²) < 4.78 is 19.8. The zero-order chi connectivity index (χ0) is 40.0. The summed E-state index contributed by atoms with van der Waals surface area (Å²) in [4.78, 5) is 83.9. The lowest BCUT2D eigenvalue weighted by Crippen LogP contribution is -2.60. The molecule has 0 saturated carbocycles. The summed E-state index contributed by atoms with van der Waals surface area (Å²) in [5.74, 6) is -0.254. The minimum Gasteiger partial charge on any atom is -0.493 e. The number of nitrogens with zero attached hydrogens (tertiary/aromatic N) is 5. The molecule has 4 aromatic rings. The van der Waals surface area contributed by atoms with E-state index in [4.69, 9.17) is 19.2 Å². The molecular formula is C37H45N9O9. The minimum atomic E-state index is -1.53. The molecule has 4 amide bonds. The van der Waals surface area contributed by atoms with Crippen LogP contribution < -0.4 is 46.7 Å². The molecular weight excluding hydrogens is 714 g/mol. The summed E-state index contributed by atoms with van der Waals surface area (Å²) in [6.07, 6.45) is 0.252. The first-order valence-electron chi connectivity index (χ1n) is 17.4. The monoisotopic (exact) mass is 759 g/mol. The van der Waals surface area contributed by atoms with E-state index in [-0.39, 0.29) is 50.0 Å². The molecule has 2 aromatic carbocycles. The van der Waals surface area contributed by atoms with Crippen LogP contribution in [0.3, 0.4) is 0 Å². The van der Waals surface area contributed by atoms with Crippen molar-refractivity contribution in [2.45, 2.75) is 57.8 Å². The Morgan fingerprint density at radius 2 is 1.69 bits per heavy atom. The van der Waals surface area contributed by atoms with Crippen molar-refractivity contribution in [3.05, 3.63) is 97.8 Å². The van der Waals surface area contributed by atoms with Crippen LogP contribution >= 0.6 is 0 Å². The number of benzene rings is 2. The van der Waals surface area contributed by atoms with Gasteiger partial charge in [0.25, 0.3) is 11.5 Å². The molecule has 0 radical (unpaired) electrons. The van der Waals surface area contributed by atoms with E-state index in [1.54, 1.807) is 43.3 Å². The van der Waals surface area contributed by atoms with Crippen molar-refractivity contribution >= 4 is 23.6 Å². The van der Waals surface area contributed by atoms with Crippen molar-refractivity contribution in [3.63, 3.8) is 0 Å². The van der Waals surface area contributed by atoms with E-state index in [2.05, 4.69) is 26.4 Å². The van der Waals surface area contributed by atoms with Gasteiger partial charge in [0, 0.05) is 33.0 Å². The van der Waals surface area contributed by atoms with Crippen LogP contribution in [0.4, 0.5) is 0 Å². The SMILES string of the molecule is COc1ccc(Cc2nc3n(n2)CC(=O)NCCOc2ccc(cc2)C[C@H](NC(=O)c2cc(=O)n(C)c(=O)n2C)C(=O)NC(C)(C)C(=O)N[C@@H]3C)cc1OC. The second-order valence-electron chi connectivity index (χ2n) is 13.6. The number of ether oxygens (including phenoxy) is 3. The van der Waals surface area contributed by atoms with Crippen LogP contribution in [0.25, 0.3) is 0 Å². The van der Waals surface area contributed by atoms with Gasteiger partial charge in [0.05, 0.1) is 26.8 Å². The molecule has 2 aliphatic heterocycles. The van der Waals surface area contributed by atoms with Crippen LogP contribution in [-0.4, -0.2) is 86.5 Å². The van der Waals surface area contributed by atoms with Crippen molar-refractivity contribution in [1.29, 1.82) is 0 Å². The maximum atomic E-state index is 13.9. The van der Waals surface area contributed by atoms with Crippen LogP contribution in [0.5, 0.6) is 17.2 Å². The molecule has 4 N–H and O–H groups in total. The lowest BCUT2D eigenvalue weighted by atomic mass is 10.00. The molecule has 2 aromatic heterocycles. The Morgan fingerprint density at radius 3 is 2.38 bits per heavy atom. The smallest absolute Gasteiger partial charge is 0.331 e. The Hall–Kier alpha value is -6.46. The number of rotatable bonds is 6. The summed E-state index contributed by atoms with van der Waals surface area (Å²) in [5, 5.41) is 15.7. The average Bonchev–Trinajstić information content (AvgIpc) is 3.55. The normalized spacial score (nSPS) is 17.8. The third-order valence-electron chi connectivity index (χ3n) is 9.02. The van der Waals surface area contributed by atoms with E-state index in [1.807, 2.05) is 6.07 Å². The maximum Gasteiger partial charge on any atom is 0.331 e. The molecule has 0 saturated heterocycles. The average molecular weight is 760 g/mol. The fourth-order valence-corrected chi connectivity index (χ4v) is 5.88. The quantitative estimate of drug-likeness (QED) is 0.204. The van der Waals surface area contributed by atoms with E-state index < -0.39 is 46.6 Å². The van der Waals surface area contributed by atoms with Gasteiger partial charge >= 0.3 is 5.69 Å². The summed E-state index contributed by atoms with van der Waals surface area (Å²) in [5.41, 5.74) is -1.75. The molecule has 0 spiro atoms. The highest BCUT2D eigenvalue weighted by atomic mass is 16.5. The number of hydrogen-bond donors (Lipinski definition) is 4. The molecule has 292 valence electrons. The first-order valence-corrected chi connectivity index (χ1v) is 17.4. The highest BCUT2D eigenvalue weighted by Crippen LogP contribution is 2.28. The van der Waals surface area contributed by atoms with Crippen LogP contribution in [0.1, 0.15) is 60.1 Å². The number of carbonyl (C=O) groups is 4. The Kier molecular flexibility index (Phi) is 12.1. The zero-order valence-electron chi connectivity index (χ0n) is 31.7. The lowest BCUT2D eigenvalue weighted by molar-refractivity contribution is -0.133. The lowest BCUT2D eigenvalue weighted by Gasteiger charge is -2.29. The topological polar surface area (TPSA) is 219 Å². The number of nitrogens with one attached hydrogen (secondary N) is 4. The van der Waals surface area contributed by atoms with Crippen molar-refractivity contribution in [1.82, 2.24) is 45.2 Å². The van der Waals surface area contributed by atoms with Gasteiger partial charge < -0.3 is 35.5 Å². The molecule has 4 heterocycles. The summed E-state index contributed by atoms with van der Waals surface area (Å²) in [6, 6.07) is 11.1. The predicted octanol–water partition coefficient (Wildman–Crippen LogP) is -0.0946. The fourth-order valence-electron chi connectivity index (χ4n) is 5.88. The van der Waals surface area contributed by atoms with Gasteiger partial charge in [-0.2, -0.15) is 5.10 Å². The Labute approximate surface area is 316 Å². The van der Waals surface area contributed by atoms with Crippen LogP contribution in [0, 0.1) is 0 Å². The van der Waals surface area contributed by atoms with Crippen LogP contribution in [0.15, 0.2) is 58.1 Å². The highest BCUT2D eigenvalue weighted by molar-refractivity contribution is 5.98. The van der Waals surface area contributed by atoms with Gasteiger partial charge in [-0.05, 0) is 56.2 Å². The second-order valence-corrected chi connectivity index (χ2v) is 13.6.